The first kappa shape index (κ1) is 27.4. The first-order chi connectivity index (χ1) is 18.5. The van der Waals surface area contributed by atoms with Crippen LogP contribution in [0.1, 0.15) is 24.5 Å². The second-order valence-corrected chi connectivity index (χ2v) is 9.59. The molecule has 198 valence electrons. The van der Waals surface area contributed by atoms with Gasteiger partial charge in [0.15, 0.2) is 11.5 Å². The van der Waals surface area contributed by atoms with Crippen molar-refractivity contribution in [3.8, 4) is 17.2 Å². The minimum atomic E-state index is -0.431. The molecule has 0 atom stereocenters. The Hall–Kier alpha value is -3.67. The molecule has 12 heteroatoms. The van der Waals surface area contributed by atoms with Gasteiger partial charge in [0.1, 0.15) is 6.61 Å². The van der Waals surface area contributed by atoms with E-state index in [9.17, 15) is 10.1 Å². The van der Waals surface area contributed by atoms with Crippen LogP contribution < -0.4 is 14.8 Å². The summed E-state index contributed by atoms with van der Waals surface area (Å²) in [6.45, 7) is 3.98. The topological polar surface area (TPSA) is 117 Å². The summed E-state index contributed by atoms with van der Waals surface area (Å²) >= 11 is 8.15. The normalized spacial score (nSPS) is 10.9. The van der Waals surface area contributed by atoms with E-state index in [2.05, 4.69) is 20.8 Å². The zero-order chi connectivity index (χ0) is 26.7. The maximum atomic E-state index is 10.8. The molecular formula is C26H27ClN6O4S. The smallest absolute Gasteiger partial charge is 0.269 e. The fraction of sp³-hybridized carbons (Fsp3) is 0.269. The van der Waals surface area contributed by atoms with Crippen molar-refractivity contribution in [1.82, 2.24) is 25.5 Å². The molecule has 0 bridgehead atoms. The maximum Gasteiger partial charge on any atom is 0.269 e. The Bertz CT molecular complexity index is 1340. The van der Waals surface area contributed by atoms with Crippen molar-refractivity contribution in [2.45, 2.75) is 31.7 Å². The average Bonchev–Trinajstić information content (AvgIpc) is 3.40. The van der Waals surface area contributed by atoms with Crippen LogP contribution in [0.15, 0.2) is 71.9 Å². The van der Waals surface area contributed by atoms with E-state index in [0.29, 0.717) is 29.7 Å². The summed E-state index contributed by atoms with van der Waals surface area (Å²) in [6, 6.07) is 19.7. The average molecular weight is 555 g/mol. The van der Waals surface area contributed by atoms with Gasteiger partial charge < -0.3 is 14.8 Å². The molecule has 10 nitrogen and oxygen atoms in total. The Morgan fingerprint density at radius 3 is 2.58 bits per heavy atom. The van der Waals surface area contributed by atoms with Gasteiger partial charge in [-0.25, -0.2) is 0 Å². The number of rotatable bonds is 14. The van der Waals surface area contributed by atoms with Gasteiger partial charge in [-0.3, -0.25) is 10.1 Å². The fourth-order valence-electron chi connectivity index (χ4n) is 3.55. The Morgan fingerprint density at radius 2 is 1.84 bits per heavy atom. The van der Waals surface area contributed by atoms with Gasteiger partial charge >= 0.3 is 0 Å². The first-order valence-electron chi connectivity index (χ1n) is 12.0. The predicted molar refractivity (Wildman–Crippen MR) is 146 cm³/mol. The van der Waals surface area contributed by atoms with Gasteiger partial charge in [0.2, 0.25) is 5.16 Å². The number of nitrogens with zero attached hydrogens (tertiary/aromatic N) is 5. The molecule has 4 aromatic rings. The van der Waals surface area contributed by atoms with Crippen molar-refractivity contribution < 1.29 is 14.4 Å². The van der Waals surface area contributed by atoms with Crippen LogP contribution in [0.2, 0.25) is 5.02 Å². The highest BCUT2D eigenvalue weighted by atomic mass is 35.5. The lowest BCUT2D eigenvalue weighted by Gasteiger charge is -2.15. The van der Waals surface area contributed by atoms with Crippen LogP contribution in [0.25, 0.3) is 5.69 Å². The third-order valence-corrected chi connectivity index (χ3v) is 6.80. The number of halogens is 1. The molecule has 0 spiro atoms. The van der Waals surface area contributed by atoms with E-state index in [-0.39, 0.29) is 12.3 Å². The van der Waals surface area contributed by atoms with Gasteiger partial charge in [0, 0.05) is 35.5 Å². The molecule has 0 amide bonds. The van der Waals surface area contributed by atoms with E-state index in [0.717, 1.165) is 40.7 Å². The highest BCUT2D eigenvalue weighted by Gasteiger charge is 2.13. The first-order valence-corrected chi connectivity index (χ1v) is 13.4. The SMILES string of the molecule is CCOc1cc(CNCCCSc2nnnn2-c2ccccc2)c(Cl)cc1OCc1ccc([N+](=O)[O-])cc1. The highest BCUT2D eigenvalue weighted by Crippen LogP contribution is 2.34. The minimum Gasteiger partial charge on any atom is -0.490 e. The molecule has 0 aliphatic heterocycles. The largest absolute Gasteiger partial charge is 0.490 e. The lowest BCUT2D eigenvalue weighted by atomic mass is 10.2. The van der Waals surface area contributed by atoms with E-state index >= 15 is 0 Å². The Labute approximate surface area is 229 Å². The summed E-state index contributed by atoms with van der Waals surface area (Å²) in [5.74, 6) is 1.97. The third kappa shape index (κ3) is 7.44. The van der Waals surface area contributed by atoms with Crippen molar-refractivity contribution in [1.29, 1.82) is 0 Å². The number of thioether (sulfide) groups is 1. The molecule has 0 saturated carbocycles. The number of ether oxygens (including phenoxy) is 2. The highest BCUT2D eigenvalue weighted by molar-refractivity contribution is 7.99. The molecule has 0 unspecified atom stereocenters. The lowest BCUT2D eigenvalue weighted by Crippen LogP contribution is -2.16. The van der Waals surface area contributed by atoms with E-state index in [4.69, 9.17) is 21.1 Å². The maximum absolute atomic E-state index is 10.8. The quantitative estimate of drug-likeness (QED) is 0.0936. The number of nitro groups is 1. The minimum absolute atomic E-state index is 0.0368. The van der Waals surface area contributed by atoms with Crippen LogP contribution in [0, 0.1) is 10.1 Å². The summed E-state index contributed by atoms with van der Waals surface area (Å²) in [7, 11) is 0. The number of nitrogens with one attached hydrogen (secondary N) is 1. The number of hydrogen-bond donors (Lipinski definition) is 1. The van der Waals surface area contributed by atoms with Crippen LogP contribution in [-0.2, 0) is 13.2 Å². The summed E-state index contributed by atoms with van der Waals surface area (Å²) in [4.78, 5) is 10.4. The second-order valence-electron chi connectivity index (χ2n) is 8.12. The van der Waals surface area contributed by atoms with Crippen LogP contribution in [0.4, 0.5) is 5.69 Å². The van der Waals surface area contributed by atoms with Crippen molar-refractivity contribution in [2.24, 2.45) is 0 Å². The number of non-ortho nitro benzene ring substituents is 1. The molecule has 0 radical (unpaired) electrons. The summed E-state index contributed by atoms with van der Waals surface area (Å²) in [6.07, 6.45) is 0.915. The summed E-state index contributed by atoms with van der Waals surface area (Å²) in [5.41, 5.74) is 2.67. The zero-order valence-electron chi connectivity index (χ0n) is 20.7. The summed E-state index contributed by atoms with van der Waals surface area (Å²) in [5, 5.41) is 27.6. The fourth-order valence-corrected chi connectivity index (χ4v) is 4.60. The van der Waals surface area contributed by atoms with Gasteiger partial charge in [-0.05, 0) is 71.8 Å². The van der Waals surface area contributed by atoms with Gasteiger partial charge in [0.05, 0.1) is 17.2 Å². The third-order valence-electron chi connectivity index (χ3n) is 5.44. The Kier molecular flexibility index (Phi) is 9.90. The Balaban J connectivity index is 1.27. The number of tetrazole rings is 1. The van der Waals surface area contributed by atoms with Crippen LogP contribution in [-0.4, -0.2) is 44.0 Å². The zero-order valence-corrected chi connectivity index (χ0v) is 22.3. The number of aromatic nitrogens is 4. The predicted octanol–water partition coefficient (Wildman–Crippen LogP) is 5.47. The van der Waals surface area contributed by atoms with Crippen LogP contribution in [0.3, 0.4) is 0 Å². The van der Waals surface area contributed by atoms with Gasteiger partial charge in [-0.2, -0.15) is 4.68 Å². The van der Waals surface area contributed by atoms with Crippen molar-refractivity contribution >= 4 is 29.1 Å². The Morgan fingerprint density at radius 1 is 1.08 bits per heavy atom. The number of para-hydroxylation sites is 1. The van der Waals surface area contributed by atoms with E-state index in [1.165, 1.54) is 12.1 Å². The molecule has 38 heavy (non-hydrogen) atoms. The molecule has 0 aliphatic carbocycles. The molecule has 1 heterocycles. The van der Waals surface area contributed by atoms with Crippen molar-refractivity contribution in [3.05, 3.63) is 93.0 Å². The van der Waals surface area contributed by atoms with Crippen molar-refractivity contribution in [2.75, 3.05) is 18.9 Å². The number of hydrogen-bond acceptors (Lipinski definition) is 9. The summed E-state index contributed by atoms with van der Waals surface area (Å²) < 4.78 is 13.4. The van der Waals surface area contributed by atoms with E-state index in [1.54, 1.807) is 34.6 Å². The van der Waals surface area contributed by atoms with Crippen molar-refractivity contribution in [3.63, 3.8) is 0 Å². The number of nitro benzene ring substituents is 1. The molecule has 1 N–H and O–H groups in total. The van der Waals surface area contributed by atoms with E-state index in [1.807, 2.05) is 43.3 Å². The standard InChI is InChI=1S/C26H27ClN6O4S/c1-2-36-24-15-20(23(27)16-25(24)37-18-19-9-11-22(12-10-19)33(34)35)17-28-13-6-14-38-26-29-30-31-32(26)21-7-4-3-5-8-21/h3-5,7-12,15-16,28H,2,6,13-14,17-18H2,1H3. The number of benzene rings is 3. The molecule has 3 aromatic carbocycles. The van der Waals surface area contributed by atoms with Gasteiger partial charge in [-0.1, -0.05) is 41.6 Å². The van der Waals surface area contributed by atoms with Crippen LogP contribution in [0.5, 0.6) is 11.5 Å². The molecule has 0 aliphatic rings. The lowest BCUT2D eigenvalue weighted by molar-refractivity contribution is -0.384. The molecule has 0 fully saturated rings. The monoisotopic (exact) mass is 554 g/mol. The van der Waals surface area contributed by atoms with Gasteiger partial charge in [0.25, 0.3) is 5.69 Å². The van der Waals surface area contributed by atoms with E-state index < -0.39 is 4.92 Å². The molecule has 1 aromatic heterocycles. The second kappa shape index (κ2) is 13.8. The molecular weight excluding hydrogens is 528 g/mol. The van der Waals surface area contributed by atoms with Crippen LogP contribution >= 0.6 is 23.4 Å². The molecule has 0 saturated heterocycles. The molecule has 4 rings (SSSR count). The van der Waals surface area contributed by atoms with Gasteiger partial charge in [-0.15, -0.1) is 5.10 Å².